The van der Waals surface area contributed by atoms with Gasteiger partial charge in [-0.2, -0.15) is 20.4 Å². The molecule has 6 rings (SSSR count). The third-order valence-electron chi connectivity index (χ3n) is 6.82. The molecule has 0 aliphatic carbocycles. The van der Waals surface area contributed by atoms with Gasteiger partial charge >= 0.3 is 5.69 Å². The van der Waals surface area contributed by atoms with Gasteiger partial charge in [-0.3, -0.25) is 13.9 Å². The van der Waals surface area contributed by atoms with Crippen molar-refractivity contribution in [1.82, 2.24) is 29.1 Å². The van der Waals surface area contributed by atoms with Crippen molar-refractivity contribution in [3.8, 4) is 28.5 Å². The van der Waals surface area contributed by atoms with Crippen LogP contribution < -0.4 is 5.69 Å². The van der Waals surface area contributed by atoms with Gasteiger partial charge in [0.15, 0.2) is 5.58 Å². The normalized spacial score (nSPS) is 20.2. The predicted octanol–water partition coefficient (Wildman–Crippen LogP) is 3.94. The van der Waals surface area contributed by atoms with Crippen molar-refractivity contribution in [3.05, 3.63) is 53.0 Å². The molecule has 4 aromatic heterocycles. The first-order valence-corrected chi connectivity index (χ1v) is 11.9. The molecule has 0 saturated carbocycles. The van der Waals surface area contributed by atoms with Gasteiger partial charge < -0.3 is 9.15 Å². The lowest BCUT2D eigenvalue weighted by molar-refractivity contribution is -0.0486. The molecular formula is C26H25N7O3. The number of nitriles is 1. The van der Waals surface area contributed by atoms with Crippen LogP contribution in [0.4, 0.5) is 0 Å². The molecule has 5 heterocycles. The van der Waals surface area contributed by atoms with Crippen LogP contribution in [-0.2, 0) is 18.8 Å². The molecule has 182 valence electrons. The minimum atomic E-state index is -0.345. The van der Waals surface area contributed by atoms with Crippen LogP contribution in [0.5, 0.6) is 0 Å². The van der Waals surface area contributed by atoms with Gasteiger partial charge in [-0.1, -0.05) is 0 Å². The maximum atomic E-state index is 13.6. The Labute approximate surface area is 206 Å². The largest absolute Gasteiger partial charge is 0.452 e. The van der Waals surface area contributed by atoms with Crippen LogP contribution >= 0.6 is 0 Å². The number of ether oxygens (including phenoxy) is 1. The molecule has 0 amide bonds. The molecule has 0 radical (unpaired) electrons. The molecule has 0 bridgehead atoms. The molecule has 36 heavy (non-hydrogen) atoms. The Hall–Kier alpha value is -4.23. The minimum absolute atomic E-state index is 0.00742. The van der Waals surface area contributed by atoms with Gasteiger partial charge in [0.2, 0.25) is 0 Å². The second kappa shape index (κ2) is 8.17. The summed E-state index contributed by atoms with van der Waals surface area (Å²) in [5.41, 5.74) is 4.48. The van der Waals surface area contributed by atoms with Gasteiger partial charge in [-0.05, 0) is 38.8 Å². The summed E-state index contributed by atoms with van der Waals surface area (Å²) in [5.74, 6) is 0. The van der Waals surface area contributed by atoms with Crippen LogP contribution in [0.2, 0.25) is 0 Å². The maximum absolute atomic E-state index is 13.6. The van der Waals surface area contributed by atoms with Gasteiger partial charge in [-0.25, -0.2) is 4.79 Å². The molecule has 1 aromatic carbocycles. The highest BCUT2D eigenvalue weighted by Gasteiger charge is 2.31. The lowest BCUT2D eigenvalue weighted by atomic mass is 9.98. The van der Waals surface area contributed by atoms with Crippen molar-refractivity contribution in [2.45, 2.75) is 44.9 Å². The zero-order valence-corrected chi connectivity index (χ0v) is 20.5. The topological polar surface area (TPSA) is 117 Å². The summed E-state index contributed by atoms with van der Waals surface area (Å²) >= 11 is 0. The van der Waals surface area contributed by atoms with E-state index in [1.54, 1.807) is 38.6 Å². The maximum Gasteiger partial charge on any atom is 0.349 e. The minimum Gasteiger partial charge on any atom is -0.452 e. The van der Waals surface area contributed by atoms with Gasteiger partial charge in [0, 0.05) is 54.6 Å². The highest BCUT2D eigenvalue weighted by atomic mass is 16.5. The second-order valence-electron chi connectivity index (χ2n) is 9.59. The fourth-order valence-electron chi connectivity index (χ4n) is 5.38. The van der Waals surface area contributed by atoms with Crippen molar-refractivity contribution >= 4 is 22.1 Å². The monoisotopic (exact) mass is 483 g/mol. The first kappa shape index (κ1) is 22.2. The number of furan rings is 1. The zero-order valence-electron chi connectivity index (χ0n) is 20.5. The van der Waals surface area contributed by atoms with E-state index >= 15 is 0 Å². The highest BCUT2D eigenvalue weighted by molar-refractivity contribution is 6.08. The number of aromatic nitrogens is 6. The van der Waals surface area contributed by atoms with Crippen molar-refractivity contribution in [2.24, 2.45) is 14.1 Å². The van der Waals surface area contributed by atoms with Crippen molar-refractivity contribution in [3.63, 3.8) is 0 Å². The summed E-state index contributed by atoms with van der Waals surface area (Å²) in [7, 11) is 3.64. The number of fused-ring (bicyclic) bond motifs is 3. The average Bonchev–Trinajstić information content (AvgIpc) is 3.55. The Bertz CT molecular complexity index is 1720. The Morgan fingerprint density at radius 3 is 2.31 bits per heavy atom. The molecule has 0 N–H and O–H groups in total. The molecule has 1 aliphatic heterocycles. The molecule has 0 spiro atoms. The number of hydrogen-bond acceptors (Lipinski definition) is 7. The van der Waals surface area contributed by atoms with E-state index in [-0.39, 0.29) is 23.9 Å². The molecule has 1 saturated heterocycles. The van der Waals surface area contributed by atoms with E-state index in [4.69, 9.17) is 9.15 Å². The summed E-state index contributed by atoms with van der Waals surface area (Å²) in [6.07, 6.45) is 8.44. The molecule has 10 heteroatoms. The number of rotatable bonds is 3. The first-order chi connectivity index (χ1) is 17.3. The van der Waals surface area contributed by atoms with E-state index < -0.39 is 0 Å². The number of nitrogens with zero attached hydrogens (tertiary/aromatic N) is 7. The van der Waals surface area contributed by atoms with Gasteiger partial charge in [0.1, 0.15) is 16.8 Å². The van der Waals surface area contributed by atoms with Crippen molar-refractivity contribution < 1.29 is 9.15 Å². The molecule has 10 nitrogen and oxygen atoms in total. The Balaban J connectivity index is 1.71. The Morgan fingerprint density at radius 2 is 1.69 bits per heavy atom. The summed E-state index contributed by atoms with van der Waals surface area (Å²) < 4.78 is 17.4. The summed E-state index contributed by atoms with van der Waals surface area (Å²) in [5, 5.41) is 19.2. The summed E-state index contributed by atoms with van der Waals surface area (Å²) in [6, 6.07) is 5.83. The van der Waals surface area contributed by atoms with Crippen LogP contribution in [0.25, 0.3) is 44.5 Å². The Kier molecular flexibility index (Phi) is 5.05. The SMILES string of the molecule is C[C@@H]1C[C@H](n2c(=O)nc(-c3cnn(C)c3)c3oc4cc(C#N)c(-c5cnn(C)c5)cc4c32)C[C@H](C)O1. The molecule has 0 unspecified atom stereocenters. The van der Waals surface area contributed by atoms with E-state index in [0.717, 1.165) is 16.5 Å². The molecule has 1 fully saturated rings. The summed E-state index contributed by atoms with van der Waals surface area (Å²) in [4.78, 5) is 18.1. The number of aryl methyl sites for hydroxylation is 2. The smallest absolute Gasteiger partial charge is 0.349 e. The standard InChI is InChI=1S/C26H25N7O3/c1-14-5-19(6-15(2)35-14)33-24-21-8-20(17-10-28-31(3)12-17)16(9-27)7-22(21)36-25(24)23(30-26(33)34)18-11-29-32(4)13-18/h7-8,10-15,19H,5-6H2,1-4H3/t14-,15+,19+. The fourth-order valence-corrected chi connectivity index (χ4v) is 5.38. The highest BCUT2D eigenvalue weighted by Crippen LogP contribution is 2.40. The average molecular weight is 484 g/mol. The summed E-state index contributed by atoms with van der Waals surface area (Å²) in [6.45, 7) is 4.05. The lowest BCUT2D eigenvalue weighted by Gasteiger charge is -2.33. The zero-order chi connectivity index (χ0) is 25.1. The third kappa shape index (κ3) is 3.51. The van der Waals surface area contributed by atoms with Crippen LogP contribution in [-0.4, -0.2) is 41.3 Å². The van der Waals surface area contributed by atoms with E-state index in [2.05, 4.69) is 21.3 Å². The van der Waals surface area contributed by atoms with Crippen LogP contribution in [0.1, 0.15) is 38.3 Å². The van der Waals surface area contributed by atoms with Crippen LogP contribution in [0.3, 0.4) is 0 Å². The molecule has 5 aromatic rings. The van der Waals surface area contributed by atoms with E-state index in [1.807, 2.05) is 40.2 Å². The van der Waals surface area contributed by atoms with Crippen molar-refractivity contribution in [2.75, 3.05) is 0 Å². The van der Waals surface area contributed by atoms with Crippen molar-refractivity contribution in [1.29, 1.82) is 5.26 Å². The quantitative estimate of drug-likeness (QED) is 0.381. The molecule has 3 atom stereocenters. The van der Waals surface area contributed by atoms with Crippen LogP contribution in [0, 0.1) is 11.3 Å². The van der Waals surface area contributed by atoms with Gasteiger partial charge in [-0.15, -0.1) is 0 Å². The van der Waals surface area contributed by atoms with Crippen LogP contribution in [0.15, 0.2) is 46.1 Å². The number of benzene rings is 1. The predicted molar refractivity (Wildman–Crippen MR) is 133 cm³/mol. The van der Waals surface area contributed by atoms with E-state index in [1.165, 1.54) is 0 Å². The first-order valence-electron chi connectivity index (χ1n) is 11.9. The number of hydrogen-bond donors (Lipinski definition) is 0. The van der Waals surface area contributed by atoms with Gasteiger partial charge in [0.25, 0.3) is 0 Å². The second-order valence-corrected chi connectivity index (χ2v) is 9.59. The van der Waals surface area contributed by atoms with E-state index in [9.17, 15) is 10.1 Å². The van der Waals surface area contributed by atoms with Gasteiger partial charge in [0.05, 0.1) is 36.2 Å². The Morgan fingerprint density at radius 1 is 1.03 bits per heavy atom. The molecule has 1 aliphatic rings. The lowest BCUT2D eigenvalue weighted by Crippen LogP contribution is -2.36. The fraction of sp³-hybridized carbons (Fsp3) is 0.346. The third-order valence-corrected chi connectivity index (χ3v) is 6.82. The molecular weight excluding hydrogens is 458 g/mol. The van der Waals surface area contributed by atoms with E-state index in [0.29, 0.717) is 46.3 Å².